The summed E-state index contributed by atoms with van der Waals surface area (Å²) in [5.74, 6) is 2.35. The number of carbonyl (C=O) groups excluding carboxylic acids is 1. The van der Waals surface area contributed by atoms with Crippen LogP contribution in [0.3, 0.4) is 0 Å². The molecule has 1 amide bonds. The van der Waals surface area contributed by atoms with Gasteiger partial charge in [-0.2, -0.15) is 0 Å². The number of nitrogens with zero attached hydrogens (tertiary/aromatic N) is 2. The first-order chi connectivity index (χ1) is 11.2. The molecule has 2 aliphatic rings. The molecule has 7 nitrogen and oxygen atoms in total. The lowest BCUT2D eigenvalue weighted by atomic mass is 10.2. The van der Waals surface area contributed by atoms with Crippen molar-refractivity contribution in [2.24, 2.45) is 0 Å². The highest BCUT2D eigenvalue weighted by atomic mass is 16.7. The third-order valence-corrected chi connectivity index (χ3v) is 3.63. The monoisotopic (exact) mass is 312 g/mol. The Labute approximate surface area is 133 Å². The predicted molar refractivity (Wildman–Crippen MR) is 83.1 cm³/mol. The van der Waals surface area contributed by atoms with E-state index in [2.05, 4.69) is 20.6 Å². The molecule has 0 saturated heterocycles. The van der Waals surface area contributed by atoms with Crippen LogP contribution in [-0.2, 0) is 0 Å². The maximum Gasteiger partial charge on any atom is 0.270 e. The van der Waals surface area contributed by atoms with Crippen LogP contribution in [0, 0.1) is 6.92 Å². The Bertz CT molecular complexity index is 774. The van der Waals surface area contributed by atoms with Gasteiger partial charge in [-0.05, 0) is 31.9 Å². The summed E-state index contributed by atoms with van der Waals surface area (Å²) in [6.07, 6.45) is 2.08. The highest BCUT2D eigenvalue weighted by Crippen LogP contribution is 2.34. The van der Waals surface area contributed by atoms with Crippen molar-refractivity contribution in [2.45, 2.75) is 25.8 Å². The molecule has 118 valence electrons. The Balaban J connectivity index is 1.56. The lowest BCUT2D eigenvalue weighted by Gasteiger charge is -2.09. The largest absolute Gasteiger partial charge is 0.454 e. The number of aromatic nitrogens is 2. The quantitative estimate of drug-likeness (QED) is 0.900. The minimum Gasteiger partial charge on any atom is -0.454 e. The number of nitrogens with one attached hydrogen (secondary N) is 2. The summed E-state index contributed by atoms with van der Waals surface area (Å²) in [5, 5.41) is 6.10. The van der Waals surface area contributed by atoms with E-state index in [9.17, 15) is 4.79 Å². The molecule has 1 aromatic carbocycles. The Morgan fingerprint density at radius 2 is 2.00 bits per heavy atom. The van der Waals surface area contributed by atoms with Gasteiger partial charge in [-0.15, -0.1) is 0 Å². The van der Waals surface area contributed by atoms with Crippen LogP contribution in [0.2, 0.25) is 0 Å². The number of hydrogen-bond acceptors (Lipinski definition) is 6. The fourth-order valence-electron chi connectivity index (χ4n) is 2.36. The zero-order valence-electron chi connectivity index (χ0n) is 12.6. The molecule has 0 spiro atoms. The molecule has 2 heterocycles. The molecule has 1 fully saturated rings. The summed E-state index contributed by atoms with van der Waals surface area (Å²) in [4.78, 5) is 20.7. The average molecular weight is 312 g/mol. The van der Waals surface area contributed by atoms with E-state index >= 15 is 0 Å². The smallest absolute Gasteiger partial charge is 0.270 e. The number of carbonyl (C=O) groups is 1. The molecule has 2 N–H and O–H groups in total. The fourth-order valence-corrected chi connectivity index (χ4v) is 2.36. The third kappa shape index (κ3) is 3.03. The van der Waals surface area contributed by atoms with Gasteiger partial charge in [0.1, 0.15) is 17.3 Å². The Kier molecular flexibility index (Phi) is 3.25. The molecular weight excluding hydrogens is 296 g/mol. The first-order valence-corrected chi connectivity index (χ1v) is 7.50. The number of aryl methyl sites for hydroxylation is 1. The summed E-state index contributed by atoms with van der Waals surface area (Å²) in [6, 6.07) is 7.48. The van der Waals surface area contributed by atoms with Crippen LogP contribution < -0.4 is 20.1 Å². The molecule has 0 bridgehead atoms. The van der Waals surface area contributed by atoms with Crippen LogP contribution in [0.25, 0.3) is 0 Å². The van der Waals surface area contributed by atoms with Gasteiger partial charge >= 0.3 is 0 Å². The number of benzene rings is 1. The van der Waals surface area contributed by atoms with Gasteiger partial charge < -0.3 is 20.1 Å². The second kappa shape index (κ2) is 5.42. The molecule has 0 atom stereocenters. The first kappa shape index (κ1) is 13.8. The second-order valence-corrected chi connectivity index (χ2v) is 5.63. The van der Waals surface area contributed by atoms with Crippen LogP contribution in [0.15, 0.2) is 24.3 Å². The van der Waals surface area contributed by atoms with Crippen molar-refractivity contribution >= 4 is 17.4 Å². The Morgan fingerprint density at radius 1 is 1.17 bits per heavy atom. The van der Waals surface area contributed by atoms with E-state index in [-0.39, 0.29) is 12.7 Å². The Hall–Kier alpha value is -2.83. The molecule has 2 aromatic rings. The van der Waals surface area contributed by atoms with Crippen LogP contribution in [0.1, 0.15) is 29.2 Å². The average Bonchev–Trinajstić information content (AvgIpc) is 3.21. The Morgan fingerprint density at radius 3 is 2.83 bits per heavy atom. The molecule has 1 aliphatic heterocycles. The summed E-state index contributed by atoms with van der Waals surface area (Å²) >= 11 is 0. The summed E-state index contributed by atoms with van der Waals surface area (Å²) in [5.41, 5.74) is 1.17. The number of fused-ring (bicyclic) bond motifs is 1. The molecule has 1 aromatic heterocycles. The van der Waals surface area contributed by atoms with Gasteiger partial charge in [0.25, 0.3) is 5.91 Å². The number of rotatable bonds is 4. The van der Waals surface area contributed by atoms with Crippen molar-refractivity contribution in [2.75, 3.05) is 12.1 Å². The molecule has 1 saturated carbocycles. The minimum absolute atomic E-state index is 0.160. The van der Waals surface area contributed by atoms with Crippen LogP contribution in [0.5, 0.6) is 11.5 Å². The van der Waals surface area contributed by atoms with E-state index in [0.29, 0.717) is 29.1 Å². The van der Waals surface area contributed by atoms with Crippen molar-refractivity contribution in [3.63, 3.8) is 0 Å². The zero-order chi connectivity index (χ0) is 15.8. The number of anilines is 2. The number of amides is 1. The standard InChI is InChI=1S/C16H16N4O3/c1-9-17-12(16(21)20-10-2-3-10)7-15(18-9)19-11-4-5-13-14(6-11)23-8-22-13/h4-7,10H,2-3,8H2,1H3,(H,20,21)(H,17,18,19). The van der Waals surface area contributed by atoms with Crippen LogP contribution in [-0.4, -0.2) is 28.7 Å². The van der Waals surface area contributed by atoms with Crippen molar-refractivity contribution in [1.82, 2.24) is 15.3 Å². The van der Waals surface area contributed by atoms with Gasteiger partial charge in [0.05, 0.1) is 0 Å². The van der Waals surface area contributed by atoms with Crippen molar-refractivity contribution < 1.29 is 14.3 Å². The van der Waals surface area contributed by atoms with Gasteiger partial charge in [0, 0.05) is 23.9 Å². The number of ether oxygens (including phenoxy) is 2. The highest BCUT2D eigenvalue weighted by molar-refractivity contribution is 5.93. The topological polar surface area (TPSA) is 85.4 Å². The molecule has 7 heteroatoms. The van der Waals surface area contributed by atoms with Gasteiger partial charge in [-0.25, -0.2) is 9.97 Å². The summed E-state index contributed by atoms with van der Waals surface area (Å²) in [7, 11) is 0. The highest BCUT2D eigenvalue weighted by Gasteiger charge is 2.24. The van der Waals surface area contributed by atoms with Crippen molar-refractivity contribution in [3.8, 4) is 11.5 Å². The lowest BCUT2D eigenvalue weighted by Crippen LogP contribution is -2.26. The maximum atomic E-state index is 12.1. The fraction of sp³-hybridized carbons (Fsp3) is 0.312. The molecule has 23 heavy (non-hydrogen) atoms. The summed E-state index contributed by atoms with van der Waals surface area (Å²) in [6.45, 7) is 2.00. The molecule has 1 aliphatic carbocycles. The molecule has 4 rings (SSSR count). The van der Waals surface area contributed by atoms with E-state index in [1.165, 1.54) is 0 Å². The van der Waals surface area contributed by atoms with Crippen molar-refractivity contribution in [3.05, 3.63) is 35.8 Å². The van der Waals surface area contributed by atoms with E-state index in [4.69, 9.17) is 9.47 Å². The number of hydrogen-bond donors (Lipinski definition) is 2. The van der Waals surface area contributed by atoms with Gasteiger partial charge in [-0.1, -0.05) is 0 Å². The SMILES string of the molecule is Cc1nc(Nc2ccc3c(c2)OCO3)cc(C(=O)NC2CC2)n1. The van der Waals surface area contributed by atoms with E-state index in [0.717, 1.165) is 24.3 Å². The van der Waals surface area contributed by atoms with Crippen molar-refractivity contribution in [1.29, 1.82) is 0 Å². The molecular formula is C16H16N4O3. The molecule has 0 radical (unpaired) electrons. The minimum atomic E-state index is -0.160. The normalized spacial score (nSPS) is 15.3. The van der Waals surface area contributed by atoms with E-state index < -0.39 is 0 Å². The molecule has 0 unspecified atom stereocenters. The second-order valence-electron chi connectivity index (χ2n) is 5.63. The van der Waals surface area contributed by atoms with Crippen LogP contribution in [0.4, 0.5) is 11.5 Å². The lowest BCUT2D eigenvalue weighted by molar-refractivity contribution is 0.0945. The summed E-state index contributed by atoms with van der Waals surface area (Å²) < 4.78 is 10.6. The van der Waals surface area contributed by atoms with E-state index in [1.54, 1.807) is 13.0 Å². The first-order valence-electron chi connectivity index (χ1n) is 7.50. The third-order valence-electron chi connectivity index (χ3n) is 3.63. The van der Waals surface area contributed by atoms with Crippen LogP contribution >= 0.6 is 0 Å². The zero-order valence-corrected chi connectivity index (χ0v) is 12.6. The predicted octanol–water partition coefficient (Wildman–Crippen LogP) is 2.15. The van der Waals surface area contributed by atoms with E-state index in [1.807, 2.05) is 18.2 Å². The van der Waals surface area contributed by atoms with Gasteiger partial charge in [-0.3, -0.25) is 4.79 Å². The van der Waals surface area contributed by atoms with Gasteiger partial charge in [0.15, 0.2) is 11.5 Å². The maximum absolute atomic E-state index is 12.1. The van der Waals surface area contributed by atoms with Gasteiger partial charge in [0.2, 0.25) is 6.79 Å².